The molecule has 7 nitrogen and oxygen atoms in total. The van der Waals surface area contributed by atoms with Gasteiger partial charge in [0, 0.05) is 12.3 Å². The SMILES string of the molecule is CCC(CC)(NC(=O)OC(C)(C)C)c1cn(-c2ncc(N)cc2F)cn1. The molecule has 2 rings (SSSR count). The number of hydrogen-bond donors (Lipinski definition) is 2. The van der Waals surface area contributed by atoms with E-state index in [0.717, 1.165) is 0 Å². The Hall–Kier alpha value is -2.64. The van der Waals surface area contributed by atoms with Crippen LogP contribution in [0, 0.1) is 5.82 Å². The van der Waals surface area contributed by atoms with Gasteiger partial charge in [-0.15, -0.1) is 0 Å². The number of imidazole rings is 1. The molecule has 0 saturated carbocycles. The minimum atomic E-state index is -0.724. The molecule has 2 aromatic rings. The molecule has 0 bridgehead atoms. The number of rotatable bonds is 5. The molecule has 0 atom stereocenters. The van der Waals surface area contributed by atoms with Crippen LogP contribution in [-0.2, 0) is 10.3 Å². The van der Waals surface area contributed by atoms with E-state index in [1.54, 1.807) is 27.0 Å². The Morgan fingerprint density at radius 2 is 1.96 bits per heavy atom. The molecular formula is C18H26FN5O2. The van der Waals surface area contributed by atoms with E-state index >= 15 is 0 Å². The molecule has 0 aromatic carbocycles. The van der Waals surface area contributed by atoms with Crippen molar-refractivity contribution >= 4 is 11.8 Å². The van der Waals surface area contributed by atoms with Gasteiger partial charge in [-0.2, -0.15) is 0 Å². The zero-order valence-corrected chi connectivity index (χ0v) is 15.8. The Morgan fingerprint density at radius 3 is 2.50 bits per heavy atom. The summed E-state index contributed by atoms with van der Waals surface area (Å²) < 4.78 is 21.0. The van der Waals surface area contributed by atoms with E-state index in [9.17, 15) is 9.18 Å². The van der Waals surface area contributed by atoms with Crippen LogP contribution in [0.5, 0.6) is 0 Å². The topological polar surface area (TPSA) is 95.1 Å². The van der Waals surface area contributed by atoms with Crippen molar-refractivity contribution in [3.05, 3.63) is 36.3 Å². The average Bonchev–Trinajstić information content (AvgIpc) is 3.01. The summed E-state index contributed by atoms with van der Waals surface area (Å²) in [7, 11) is 0. The lowest BCUT2D eigenvalue weighted by molar-refractivity contribution is 0.0441. The van der Waals surface area contributed by atoms with E-state index in [-0.39, 0.29) is 11.5 Å². The van der Waals surface area contributed by atoms with Crippen LogP contribution in [0.25, 0.3) is 5.82 Å². The zero-order valence-electron chi connectivity index (χ0n) is 15.8. The summed E-state index contributed by atoms with van der Waals surface area (Å²) in [5.41, 5.74) is 5.06. The van der Waals surface area contributed by atoms with Crippen LogP contribution in [0.15, 0.2) is 24.8 Å². The van der Waals surface area contributed by atoms with Crippen LogP contribution >= 0.6 is 0 Å². The second kappa shape index (κ2) is 7.31. The van der Waals surface area contributed by atoms with Crippen molar-refractivity contribution in [1.82, 2.24) is 19.9 Å². The fourth-order valence-electron chi connectivity index (χ4n) is 2.67. The highest BCUT2D eigenvalue weighted by Gasteiger charge is 2.34. The number of nitrogens with two attached hydrogens (primary N) is 1. The van der Waals surface area contributed by atoms with Gasteiger partial charge in [-0.3, -0.25) is 4.57 Å². The van der Waals surface area contributed by atoms with E-state index in [4.69, 9.17) is 10.5 Å². The molecule has 2 heterocycles. The molecule has 0 unspecified atom stereocenters. The van der Waals surface area contributed by atoms with E-state index in [0.29, 0.717) is 18.5 Å². The molecule has 0 aliphatic rings. The maximum absolute atomic E-state index is 14.1. The summed E-state index contributed by atoms with van der Waals surface area (Å²) in [6, 6.07) is 1.20. The number of anilines is 1. The Balaban J connectivity index is 2.33. The molecule has 142 valence electrons. The third-order valence-corrected chi connectivity index (χ3v) is 4.11. The van der Waals surface area contributed by atoms with Gasteiger partial charge in [0.2, 0.25) is 0 Å². The number of aromatic nitrogens is 3. The lowest BCUT2D eigenvalue weighted by Crippen LogP contribution is -2.47. The number of amides is 1. The number of nitrogens with zero attached hydrogens (tertiary/aromatic N) is 3. The average molecular weight is 363 g/mol. The Labute approximate surface area is 152 Å². The second-order valence-electron chi connectivity index (χ2n) is 7.16. The van der Waals surface area contributed by atoms with Gasteiger partial charge in [0.15, 0.2) is 11.6 Å². The lowest BCUT2D eigenvalue weighted by atomic mass is 9.89. The minimum absolute atomic E-state index is 0.0938. The summed E-state index contributed by atoms with van der Waals surface area (Å²) in [4.78, 5) is 20.7. The van der Waals surface area contributed by atoms with Crippen LogP contribution in [0.3, 0.4) is 0 Å². The number of carbonyl (C=O) groups is 1. The Bertz CT molecular complexity index is 778. The highest BCUT2D eigenvalue weighted by atomic mass is 19.1. The molecule has 2 aromatic heterocycles. The van der Waals surface area contributed by atoms with Crippen molar-refractivity contribution in [2.45, 2.75) is 58.6 Å². The van der Waals surface area contributed by atoms with Crippen LogP contribution < -0.4 is 11.1 Å². The molecule has 0 saturated heterocycles. The van der Waals surface area contributed by atoms with Crippen molar-refractivity contribution in [3.8, 4) is 5.82 Å². The highest BCUT2D eigenvalue weighted by molar-refractivity contribution is 5.69. The quantitative estimate of drug-likeness (QED) is 0.847. The fraction of sp³-hybridized carbons (Fsp3) is 0.500. The van der Waals surface area contributed by atoms with Gasteiger partial charge < -0.3 is 15.8 Å². The first kappa shape index (κ1) is 19.7. The van der Waals surface area contributed by atoms with Crippen molar-refractivity contribution in [2.75, 3.05) is 5.73 Å². The molecule has 8 heteroatoms. The first-order chi connectivity index (χ1) is 12.1. The molecule has 0 spiro atoms. The maximum Gasteiger partial charge on any atom is 0.408 e. The number of alkyl carbamates (subject to hydrolysis) is 1. The van der Waals surface area contributed by atoms with Crippen LogP contribution in [0.1, 0.15) is 53.2 Å². The van der Waals surface area contributed by atoms with Crippen molar-refractivity contribution < 1.29 is 13.9 Å². The summed E-state index contributed by atoms with van der Waals surface area (Å²) in [5.74, 6) is -0.455. The number of nitrogen functional groups attached to an aromatic ring is 1. The molecular weight excluding hydrogens is 337 g/mol. The zero-order chi connectivity index (χ0) is 19.5. The minimum Gasteiger partial charge on any atom is -0.444 e. The molecule has 0 fully saturated rings. The molecule has 1 amide bonds. The molecule has 0 aliphatic heterocycles. The molecule has 0 aliphatic carbocycles. The highest BCUT2D eigenvalue weighted by Crippen LogP contribution is 2.29. The van der Waals surface area contributed by atoms with E-state index in [2.05, 4.69) is 15.3 Å². The van der Waals surface area contributed by atoms with Gasteiger partial charge in [0.05, 0.1) is 23.1 Å². The number of halogens is 1. The first-order valence-corrected chi connectivity index (χ1v) is 8.57. The summed E-state index contributed by atoms with van der Waals surface area (Å²) in [5, 5.41) is 2.92. The third kappa shape index (κ3) is 4.30. The summed E-state index contributed by atoms with van der Waals surface area (Å²) in [6.45, 7) is 9.30. The largest absolute Gasteiger partial charge is 0.444 e. The molecule has 0 radical (unpaired) electrons. The van der Waals surface area contributed by atoms with Crippen molar-refractivity contribution in [3.63, 3.8) is 0 Å². The number of carbonyl (C=O) groups excluding carboxylic acids is 1. The molecule has 26 heavy (non-hydrogen) atoms. The summed E-state index contributed by atoms with van der Waals surface area (Å²) >= 11 is 0. The van der Waals surface area contributed by atoms with Gasteiger partial charge >= 0.3 is 6.09 Å². The van der Waals surface area contributed by atoms with Gasteiger partial charge in [0.25, 0.3) is 0 Å². The number of pyridine rings is 1. The number of nitrogens with one attached hydrogen (secondary N) is 1. The van der Waals surface area contributed by atoms with Gasteiger partial charge in [-0.25, -0.2) is 19.2 Å². The smallest absolute Gasteiger partial charge is 0.408 e. The Kier molecular flexibility index (Phi) is 5.53. The van der Waals surface area contributed by atoms with Crippen molar-refractivity contribution in [2.24, 2.45) is 0 Å². The standard InChI is InChI=1S/C18H26FN5O2/c1-6-18(7-2,23-16(25)26-17(3,4)5)14-10-24(11-22-14)15-13(19)8-12(20)9-21-15/h8-11H,6-7,20H2,1-5H3,(H,23,25). The predicted octanol–water partition coefficient (Wildman–Crippen LogP) is 3.53. The summed E-state index contributed by atoms with van der Waals surface area (Å²) in [6.07, 6.45) is 5.17. The monoisotopic (exact) mass is 363 g/mol. The van der Waals surface area contributed by atoms with Crippen molar-refractivity contribution in [1.29, 1.82) is 0 Å². The maximum atomic E-state index is 14.1. The van der Waals surface area contributed by atoms with Crippen LogP contribution in [-0.4, -0.2) is 26.2 Å². The van der Waals surface area contributed by atoms with Crippen LogP contribution in [0.4, 0.5) is 14.9 Å². The lowest BCUT2D eigenvalue weighted by Gasteiger charge is -2.32. The first-order valence-electron chi connectivity index (χ1n) is 8.57. The van der Waals surface area contributed by atoms with Gasteiger partial charge in [-0.1, -0.05) is 13.8 Å². The molecule has 3 N–H and O–H groups in total. The second-order valence-corrected chi connectivity index (χ2v) is 7.16. The number of hydrogen-bond acceptors (Lipinski definition) is 5. The van der Waals surface area contributed by atoms with E-state index < -0.39 is 23.1 Å². The van der Waals surface area contributed by atoms with Gasteiger partial charge in [-0.05, 0) is 33.6 Å². The third-order valence-electron chi connectivity index (χ3n) is 4.11. The van der Waals surface area contributed by atoms with E-state index in [1.807, 2.05) is 13.8 Å². The van der Waals surface area contributed by atoms with Crippen LogP contribution in [0.2, 0.25) is 0 Å². The van der Waals surface area contributed by atoms with Gasteiger partial charge in [0.1, 0.15) is 11.9 Å². The normalized spacial score (nSPS) is 12.1. The number of ether oxygens (including phenoxy) is 1. The Morgan fingerprint density at radius 1 is 1.31 bits per heavy atom. The predicted molar refractivity (Wildman–Crippen MR) is 97.4 cm³/mol. The van der Waals surface area contributed by atoms with E-state index in [1.165, 1.54) is 23.2 Å². The fourth-order valence-corrected chi connectivity index (χ4v) is 2.67.